The zero-order chi connectivity index (χ0) is 15.1. The van der Waals surface area contributed by atoms with Gasteiger partial charge in [-0.15, -0.1) is 0 Å². The highest BCUT2D eigenvalue weighted by Crippen LogP contribution is 2.36. The summed E-state index contributed by atoms with van der Waals surface area (Å²) < 4.78 is 66.7. The Morgan fingerprint density at radius 2 is 1.57 bits per heavy atom. The Hall–Kier alpha value is -2.11. The molecule has 0 radical (unpaired) electrons. The maximum absolute atomic E-state index is 13.6. The van der Waals surface area contributed by atoms with Gasteiger partial charge in [0.1, 0.15) is 11.5 Å². The molecular formula is C15H10F5N. The Balaban J connectivity index is 1.97. The predicted molar refractivity (Wildman–Crippen MR) is 67.4 cm³/mol. The first-order valence-electron chi connectivity index (χ1n) is 6.35. The molecule has 2 aromatic carbocycles. The van der Waals surface area contributed by atoms with Gasteiger partial charge < -0.3 is 5.32 Å². The van der Waals surface area contributed by atoms with Gasteiger partial charge in [-0.05, 0) is 36.1 Å². The molecule has 1 atom stereocenters. The maximum atomic E-state index is 13.6. The Bertz CT molecular complexity index is 687. The zero-order valence-corrected chi connectivity index (χ0v) is 10.7. The number of halogens is 5. The van der Waals surface area contributed by atoms with Crippen LogP contribution in [0.3, 0.4) is 0 Å². The van der Waals surface area contributed by atoms with Gasteiger partial charge in [0.05, 0.1) is 6.04 Å². The molecule has 3 rings (SSSR count). The Morgan fingerprint density at radius 1 is 0.905 bits per heavy atom. The van der Waals surface area contributed by atoms with Crippen molar-refractivity contribution in [1.82, 2.24) is 0 Å². The van der Waals surface area contributed by atoms with Gasteiger partial charge in [0.2, 0.25) is 0 Å². The smallest absolute Gasteiger partial charge is 0.185 e. The molecule has 1 unspecified atom stereocenters. The number of benzene rings is 2. The highest BCUT2D eigenvalue weighted by molar-refractivity contribution is 5.51. The van der Waals surface area contributed by atoms with E-state index in [1.807, 2.05) is 0 Å². The van der Waals surface area contributed by atoms with E-state index in [1.54, 1.807) is 0 Å². The second kappa shape index (κ2) is 5.02. The third-order valence-electron chi connectivity index (χ3n) is 3.61. The van der Waals surface area contributed by atoms with Crippen LogP contribution in [0.15, 0.2) is 24.3 Å². The average molecular weight is 299 g/mol. The molecule has 0 spiro atoms. The topological polar surface area (TPSA) is 12.0 Å². The van der Waals surface area contributed by atoms with Crippen LogP contribution < -0.4 is 5.32 Å². The summed E-state index contributed by atoms with van der Waals surface area (Å²) >= 11 is 0. The van der Waals surface area contributed by atoms with Crippen molar-refractivity contribution in [1.29, 1.82) is 0 Å². The number of rotatable bonds is 2. The quantitative estimate of drug-likeness (QED) is 0.637. The maximum Gasteiger partial charge on any atom is 0.185 e. The molecule has 2 aromatic rings. The molecule has 1 nitrogen and oxygen atoms in total. The highest BCUT2D eigenvalue weighted by atomic mass is 19.2. The van der Waals surface area contributed by atoms with E-state index in [2.05, 4.69) is 5.32 Å². The molecule has 0 saturated heterocycles. The molecule has 0 amide bonds. The Kier molecular flexibility index (Phi) is 3.31. The second-order valence-corrected chi connectivity index (χ2v) is 4.92. The van der Waals surface area contributed by atoms with E-state index in [4.69, 9.17) is 0 Å². The monoisotopic (exact) mass is 299 g/mol. The van der Waals surface area contributed by atoms with Crippen LogP contribution in [0.5, 0.6) is 0 Å². The van der Waals surface area contributed by atoms with Crippen molar-refractivity contribution in [3.63, 3.8) is 0 Å². The van der Waals surface area contributed by atoms with Crippen molar-refractivity contribution in [3.05, 3.63) is 64.5 Å². The molecule has 1 aliphatic carbocycles. The van der Waals surface area contributed by atoms with Crippen molar-refractivity contribution < 1.29 is 22.0 Å². The normalized spacial score (nSPS) is 16.9. The SMILES string of the molecule is Fc1ccc2c(c1)CCC2Nc1c(F)c(F)cc(F)c1F. The van der Waals surface area contributed by atoms with Crippen molar-refractivity contribution in [2.75, 3.05) is 5.32 Å². The van der Waals surface area contributed by atoms with Crippen molar-refractivity contribution in [2.45, 2.75) is 18.9 Å². The summed E-state index contributed by atoms with van der Waals surface area (Å²) in [5.74, 6) is -6.26. The first-order valence-corrected chi connectivity index (χ1v) is 6.35. The molecule has 0 bridgehead atoms. The molecule has 21 heavy (non-hydrogen) atoms. The van der Waals surface area contributed by atoms with Crippen molar-refractivity contribution in [3.8, 4) is 0 Å². The van der Waals surface area contributed by atoms with Crippen LogP contribution in [0.25, 0.3) is 0 Å². The van der Waals surface area contributed by atoms with Crippen LogP contribution in [0.1, 0.15) is 23.6 Å². The molecular weight excluding hydrogens is 289 g/mol. The number of anilines is 1. The number of hydrogen-bond acceptors (Lipinski definition) is 1. The lowest BCUT2D eigenvalue weighted by Gasteiger charge is -2.17. The van der Waals surface area contributed by atoms with Gasteiger partial charge in [0, 0.05) is 6.07 Å². The summed E-state index contributed by atoms with van der Waals surface area (Å²) in [4.78, 5) is 0. The fourth-order valence-corrected chi connectivity index (χ4v) is 2.61. The van der Waals surface area contributed by atoms with Crippen molar-refractivity contribution >= 4 is 5.69 Å². The summed E-state index contributed by atoms with van der Waals surface area (Å²) in [6.07, 6.45) is 0.974. The highest BCUT2D eigenvalue weighted by Gasteiger charge is 2.27. The molecule has 0 heterocycles. The number of fused-ring (bicyclic) bond motifs is 1. The molecule has 0 aromatic heterocycles. The summed E-state index contributed by atoms with van der Waals surface area (Å²) in [6, 6.07) is 3.72. The largest absolute Gasteiger partial charge is 0.373 e. The Labute approximate surface area is 117 Å². The lowest BCUT2D eigenvalue weighted by Crippen LogP contribution is -2.12. The number of hydrogen-bond donors (Lipinski definition) is 1. The first kappa shape index (κ1) is 13.9. The molecule has 0 fully saturated rings. The van der Waals surface area contributed by atoms with Gasteiger partial charge in [-0.25, -0.2) is 22.0 Å². The van der Waals surface area contributed by atoms with Crippen LogP contribution in [-0.4, -0.2) is 0 Å². The summed E-state index contributed by atoms with van der Waals surface area (Å²) in [7, 11) is 0. The van der Waals surface area contributed by atoms with Gasteiger partial charge in [0.15, 0.2) is 23.3 Å². The van der Waals surface area contributed by atoms with Gasteiger partial charge in [0.25, 0.3) is 0 Å². The minimum absolute atomic E-state index is 0.161. The van der Waals surface area contributed by atoms with Crippen LogP contribution in [0, 0.1) is 29.1 Å². The number of nitrogens with one attached hydrogen (secondary N) is 1. The van der Waals surface area contributed by atoms with Crippen molar-refractivity contribution in [2.24, 2.45) is 0 Å². The van der Waals surface area contributed by atoms with E-state index in [1.165, 1.54) is 18.2 Å². The van der Waals surface area contributed by atoms with Crippen LogP contribution in [0.4, 0.5) is 27.6 Å². The van der Waals surface area contributed by atoms with Crippen LogP contribution in [0.2, 0.25) is 0 Å². The van der Waals surface area contributed by atoms with Gasteiger partial charge in [-0.2, -0.15) is 0 Å². The molecule has 0 aliphatic heterocycles. The van der Waals surface area contributed by atoms with E-state index in [0.29, 0.717) is 24.0 Å². The third-order valence-corrected chi connectivity index (χ3v) is 3.61. The lowest BCUT2D eigenvalue weighted by atomic mass is 10.1. The fraction of sp³-hybridized carbons (Fsp3) is 0.200. The van der Waals surface area contributed by atoms with Crippen LogP contribution in [-0.2, 0) is 6.42 Å². The summed E-state index contributed by atoms with van der Waals surface area (Å²) in [5, 5.41) is 2.48. The molecule has 0 saturated carbocycles. The van der Waals surface area contributed by atoms with Gasteiger partial charge >= 0.3 is 0 Å². The lowest BCUT2D eigenvalue weighted by molar-refractivity contribution is 0.456. The molecule has 110 valence electrons. The average Bonchev–Trinajstić information content (AvgIpc) is 2.83. The zero-order valence-electron chi connectivity index (χ0n) is 10.7. The van der Waals surface area contributed by atoms with E-state index in [9.17, 15) is 22.0 Å². The Morgan fingerprint density at radius 3 is 2.24 bits per heavy atom. The van der Waals surface area contributed by atoms with E-state index in [0.717, 1.165) is 0 Å². The van der Waals surface area contributed by atoms with E-state index in [-0.39, 0.29) is 6.07 Å². The standard InChI is InChI=1S/C15H10F5N/c16-8-2-3-9-7(5-8)1-4-12(9)21-15-13(19)10(17)6-11(18)14(15)20/h2-3,5-6,12,21H,1,4H2. The van der Waals surface area contributed by atoms with Crippen LogP contribution >= 0.6 is 0 Å². The fourth-order valence-electron chi connectivity index (χ4n) is 2.61. The minimum Gasteiger partial charge on any atom is -0.373 e. The summed E-state index contributed by atoms with van der Waals surface area (Å²) in [6.45, 7) is 0. The molecule has 6 heteroatoms. The molecule has 1 aliphatic rings. The van der Waals surface area contributed by atoms with Gasteiger partial charge in [-0.3, -0.25) is 0 Å². The minimum atomic E-state index is -1.47. The molecule has 1 N–H and O–H groups in total. The van der Waals surface area contributed by atoms with E-state index < -0.39 is 40.8 Å². The summed E-state index contributed by atoms with van der Waals surface area (Å²) in [5.41, 5.74) is 0.541. The first-order chi connectivity index (χ1) is 9.97. The van der Waals surface area contributed by atoms with E-state index >= 15 is 0 Å². The number of aryl methyl sites for hydroxylation is 1. The predicted octanol–water partition coefficient (Wildman–Crippen LogP) is 4.48. The third kappa shape index (κ3) is 2.34. The second-order valence-electron chi connectivity index (χ2n) is 4.92. The van der Waals surface area contributed by atoms with Gasteiger partial charge in [-0.1, -0.05) is 6.07 Å².